The summed E-state index contributed by atoms with van der Waals surface area (Å²) >= 11 is 0. The average Bonchev–Trinajstić information content (AvgIpc) is 3.11. The summed E-state index contributed by atoms with van der Waals surface area (Å²) in [6.07, 6.45) is 0.512. The van der Waals surface area contributed by atoms with Crippen molar-refractivity contribution < 1.29 is 14.6 Å². The van der Waals surface area contributed by atoms with Gasteiger partial charge in [0.2, 0.25) is 0 Å². The minimum Gasteiger partial charge on any atom is -0.386 e. The summed E-state index contributed by atoms with van der Waals surface area (Å²) in [7, 11) is 1.69. The van der Waals surface area contributed by atoms with Gasteiger partial charge in [0.15, 0.2) is 5.96 Å². The van der Waals surface area contributed by atoms with Crippen molar-refractivity contribution in [1.29, 1.82) is 0 Å². The maximum absolute atomic E-state index is 10.4. The van der Waals surface area contributed by atoms with Crippen LogP contribution in [0.15, 0.2) is 29.3 Å². The summed E-state index contributed by atoms with van der Waals surface area (Å²) in [6, 6.07) is 7.96. The zero-order valence-electron chi connectivity index (χ0n) is 16.3. The largest absolute Gasteiger partial charge is 0.386 e. The van der Waals surface area contributed by atoms with Crippen LogP contribution in [0.4, 0.5) is 0 Å². The number of aliphatic hydroxyl groups is 1. The van der Waals surface area contributed by atoms with Gasteiger partial charge in [-0.05, 0) is 25.8 Å². The second-order valence-corrected chi connectivity index (χ2v) is 6.79. The molecule has 26 heavy (non-hydrogen) atoms. The number of nitrogens with one attached hydrogen (secondary N) is 1. The number of rotatable bonds is 9. The predicted molar refractivity (Wildman–Crippen MR) is 104 cm³/mol. The zero-order chi connectivity index (χ0) is 18.8. The quantitative estimate of drug-likeness (QED) is 0.399. The van der Waals surface area contributed by atoms with Gasteiger partial charge in [0.1, 0.15) is 0 Å². The topological polar surface area (TPSA) is 66.3 Å². The molecule has 0 saturated carbocycles. The summed E-state index contributed by atoms with van der Waals surface area (Å²) in [5, 5.41) is 13.7. The molecule has 1 aromatic rings. The van der Waals surface area contributed by atoms with E-state index in [1.807, 2.05) is 31.2 Å². The van der Waals surface area contributed by atoms with Crippen molar-refractivity contribution in [2.45, 2.75) is 26.4 Å². The van der Waals surface area contributed by atoms with Crippen LogP contribution in [0.25, 0.3) is 0 Å². The van der Waals surface area contributed by atoms with Crippen LogP contribution in [0.2, 0.25) is 0 Å². The van der Waals surface area contributed by atoms with E-state index in [0.29, 0.717) is 25.7 Å². The Kier molecular flexibility index (Phi) is 8.88. The first kappa shape index (κ1) is 20.7. The number of likely N-dealkylation sites (tertiary alicyclic amines) is 1. The molecule has 6 nitrogen and oxygen atoms in total. The van der Waals surface area contributed by atoms with Gasteiger partial charge in [-0.3, -0.25) is 4.99 Å². The second kappa shape index (κ2) is 11.2. The van der Waals surface area contributed by atoms with Crippen LogP contribution in [0.5, 0.6) is 0 Å². The summed E-state index contributed by atoms with van der Waals surface area (Å²) in [5.74, 6) is 1.38. The lowest BCUT2D eigenvalue weighted by molar-refractivity contribution is 0.0536. The first-order valence-electron chi connectivity index (χ1n) is 9.48. The molecule has 0 bridgehead atoms. The lowest BCUT2D eigenvalue weighted by Gasteiger charge is -2.22. The van der Waals surface area contributed by atoms with Crippen LogP contribution >= 0.6 is 0 Å². The Balaban J connectivity index is 1.87. The Bertz CT molecular complexity index is 548. The number of benzene rings is 1. The monoisotopic (exact) mass is 363 g/mol. The highest BCUT2D eigenvalue weighted by Crippen LogP contribution is 2.18. The molecule has 2 rings (SSSR count). The molecule has 0 aliphatic carbocycles. The fraction of sp³-hybridized carbons (Fsp3) is 0.650. The van der Waals surface area contributed by atoms with Crippen LogP contribution in [-0.2, 0) is 9.47 Å². The normalized spacial score (nSPS) is 19.0. The number of guanidine groups is 1. The van der Waals surface area contributed by atoms with Crippen molar-refractivity contribution in [2.24, 2.45) is 10.9 Å². The van der Waals surface area contributed by atoms with Gasteiger partial charge in [-0.25, -0.2) is 0 Å². The molecule has 1 fully saturated rings. The molecule has 1 aromatic carbocycles. The van der Waals surface area contributed by atoms with Crippen molar-refractivity contribution >= 4 is 5.96 Å². The minimum atomic E-state index is -0.583. The number of hydrogen-bond acceptors (Lipinski definition) is 4. The molecule has 1 saturated heterocycles. The Morgan fingerprint density at radius 3 is 2.81 bits per heavy atom. The fourth-order valence-electron chi connectivity index (χ4n) is 3.05. The number of hydrogen-bond donors (Lipinski definition) is 2. The molecule has 0 amide bonds. The van der Waals surface area contributed by atoms with E-state index in [-0.39, 0.29) is 0 Å². The third kappa shape index (κ3) is 6.59. The van der Waals surface area contributed by atoms with Gasteiger partial charge in [-0.15, -0.1) is 0 Å². The summed E-state index contributed by atoms with van der Waals surface area (Å²) in [4.78, 5) is 6.92. The summed E-state index contributed by atoms with van der Waals surface area (Å²) in [6.45, 7) is 9.20. The van der Waals surface area contributed by atoms with Crippen molar-refractivity contribution in [2.75, 3.05) is 53.1 Å². The number of aliphatic hydroxyl groups excluding tert-OH is 1. The van der Waals surface area contributed by atoms with Crippen molar-refractivity contribution in [3.63, 3.8) is 0 Å². The first-order valence-corrected chi connectivity index (χ1v) is 9.48. The molecule has 146 valence electrons. The van der Waals surface area contributed by atoms with Gasteiger partial charge in [-0.1, -0.05) is 29.8 Å². The highest BCUT2D eigenvalue weighted by molar-refractivity contribution is 5.80. The number of ether oxygens (including phenoxy) is 2. The molecular formula is C20H33N3O3. The Morgan fingerprint density at radius 1 is 1.35 bits per heavy atom. The van der Waals surface area contributed by atoms with Gasteiger partial charge in [0.05, 0.1) is 32.5 Å². The third-order valence-electron chi connectivity index (χ3n) is 4.58. The first-order chi connectivity index (χ1) is 12.6. The van der Waals surface area contributed by atoms with E-state index in [2.05, 4.69) is 22.1 Å². The van der Waals surface area contributed by atoms with E-state index in [9.17, 15) is 5.11 Å². The minimum absolute atomic E-state index is 0.358. The van der Waals surface area contributed by atoms with E-state index in [1.54, 1.807) is 7.11 Å². The molecule has 0 spiro atoms. The SMILES string of the molecule is CCNC(=NCC(O)c1ccc(C)cc1)N1CCC(COCCOC)C1. The van der Waals surface area contributed by atoms with E-state index in [4.69, 9.17) is 9.47 Å². The highest BCUT2D eigenvalue weighted by Gasteiger charge is 2.25. The highest BCUT2D eigenvalue weighted by atomic mass is 16.5. The zero-order valence-corrected chi connectivity index (χ0v) is 16.3. The Labute approximate surface area is 157 Å². The smallest absolute Gasteiger partial charge is 0.194 e. The third-order valence-corrected chi connectivity index (χ3v) is 4.58. The molecule has 1 aliphatic rings. The molecule has 6 heteroatoms. The van der Waals surface area contributed by atoms with Gasteiger partial charge in [-0.2, -0.15) is 0 Å². The van der Waals surface area contributed by atoms with E-state index in [1.165, 1.54) is 5.56 Å². The van der Waals surface area contributed by atoms with Crippen LogP contribution in [0.3, 0.4) is 0 Å². The van der Waals surface area contributed by atoms with Crippen molar-refractivity contribution in [1.82, 2.24) is 10.2 Å². The average molecular weight is 364 g/mol. The summed E-state index contributed by atoms with van der Waals surface area (Å²) in [5.41, 5.74) is 2.09. The molecule has 1 heterocycles. The van der Waals surface area contributed by atoms with E-state index in [0.717, 1.165) is 44.2 Å². The van der Waals surface area contributed by atoms with Crippen molar-refractivity contribution in [3.05, 3.63) is 35.4 Å². The second-order valence-electron chi connectivity index (χ2n) is 6.79. The number of methoxy groups -OCH3 is 1. The van der Waals surface area contributed by atoms with Crippen LogP contribution in [0.1, 0.15) is 30.6 Å². The molecule has 2 N–H and O–H groups in total. The van der Waals surface area contributed by atoms with Gasteiger partial charge >= 0.3 is 0 Å². The van der Waals surface area contributed by atoms with Gasteiger partial charge in [0, 0.05) is 32.7 Å². The molecular weight excluding hydrogens is 330 g/mol. The van der Waals surface area contributed by atoms with E-state index < -0.39 is 6.10 Å². The molecule has 0 aromatic heterocycles. The molecule has 2 atom stereocenters. The maximum Gasteiger partial charge on any atom is 0.194 e. The number of aryl methyl sites for hydroxylation is 1. The molecule has 0 radical (unpaired) electrons. The Morgan fingerprint density at radius 2 is 2.12 bits per heavy atom. The standard InChI is InChI=1S/C20H33N3O3/c1-4-21-20(22-13-19(24)18-7-5-16(2)6-8-18)23-10-9-17(14-23)15-26-12-11-25-3/h5-8,17,19,24H,4,9-15H2,1-3H3,(H,21,22). The van der Waals surface area contributed by atoms with Gasteiger partial charge < -0.3 is 24.8 Å². The summed E-state index contributed by atoms with van der Waals surface area (Å²) < 4.78 is 10.7. The maximum atomic E-state index is 10.4. The van der Waals surface area contributed by atoms with Crippen LogP contribution < -0.4 is 5.32 Å². The lowest BCUT2D eigenvalue weighted by atomic mass is 10.1. The van der Waals surface area contributed by atoms with E-state index >= 15 is 0 Å². The molecule has 2 unspecified atom stereocenters. The lowest BCUT2D eigenvalue weighted by Crippen LogP contribution is -2.40. The number of aliphatic imine (C=N–C) groups is 1. The van der Waals surface area contributed by atoms with Gasteiger partial charge in [0.25, 0.3) is 0 Å². The number of nitrogens with zero attached hydrogens (tertiary/aromatic N) is 2. The van der Waals surface area contributed by atoms with Crippen LogP contribution in [0, 0.1) is 12.8 Å². The molecule has 1 aliphatic heterocycles. The Hall–Kier alpha value is -1.63. The fourth-order valence-corrected chi connectivity index (χ4v) is 3.05. The predicted octanol–water partition coefficient (Wildman–Crippen LogP) is 1.98. The van der Waals surface area contributed by atoms with Crippen LogP contribution in [-0.4, -0.2) is 69.1 Å². The van der Waals surface area contributed by atoms with Crippen molar-refractivity contribution in [3.8, 4) is 0 Å².